The number of thioether (sulfide) groups is 1. The molecule has 1 heterocycles. The first kappa shape index (κ1) is 15.1. The van der Waals surface area contributed by atoms with Gasteiger partial charge in [-0.2, -0.15) is 0 Å². The lowest BCUT2D eigenvalue weighted by molar-refractivity contribution is -0.143. The molecule has 1 saturated heterocycles. The number of likely N-dealkylation sites (tertiary alicyclic amines) is 1. The number of rotatable bonds is 2. The smallest absolute Gasteiger partial charge is 0.410 e. The van der Waals surface area contributed by atoms with E-state index in [4.69, 9.17) is 9.47 Å². The topological polar surface area (TPSA) is 55.8 Å². The average molecular weight is 275 g/mol. The van der Waals surface area contributed by atoms with E-state index in [2.05, 4.69) is 0 Å². The molecule has 0 aromatic heterocycles. The van der Waals surface area contributed by atoms with E-state index in [0.29, 0.717) is 19.5 Å². The molecule has 0 aliphatic carbocycles. The van der Waals surface area contributed by atoms with Crippen LogP contribution in [0.1, 0.15) is 27.2 Å². The van der Waals surface area contributed by atoms with Gasteiger partial charge >= 0.3 is 12.1 Å². The zero-order valence-corrected chi connectivity index (χ0v) is 12.4. The van der Waals surface area contributed by atoms with E-state index in [-0.39, 0.29) is 12.1 Å². The Labute approximate surface area is 112 Å². The molecule has 0 spiro atoms. The van der Waals surface area contributed by atoms with Crippen molar-refractivity contribution in [2.75, 3.05) is 26.5 Å². The largest absolute Gasteiger partial charge is 0.468 e. The van der Waals surface area contributed by atoms with Crippen molar-refractivity contribution in [1.82, 2.24) is 4.90 Å². The van der Waals surface area contributed by atoms with Crippen molar-refractivity contribution in [3.63, 3.8) is 0 Å². The van der Waals surface area contributed by atoms with Gasteiger partial charge in [0.25, 0.3) is 0 Å². The first-order valence-corrected chi connectivity index (χ1v) is 7.08. The van der Waals surface area contributed by atoms with Crippen molar-refractivity contribution < 1.29 is 19.1 Å². The number of ether oxygens (including phenoxy) is 2. The summed E-state index contributed by atoms with van der Waals surface area (Å²) in [5.41, 5.74) is -0.521. The van der Waals surface area contributed by atoms with Gasteiger partial charge in [0.15, 0.2) is 0 Å². The molecule has 104 valence electrons. The van der Waals surface area contributed by atoms with Gasteiger partial charge < -0.3 is 14.4 Å². The fraction of sp³-hybridized carbons (Fsp3) is 0.833. The summed E-state index contributed by atoms with van der Waals surface area (Å²) < 4.78 is 9.47. The Morgan fingerprint density at radius 1 is 1.33 bits per heavy atom. The van der Waals surface area contributed by atoms with Crippen molar-refractivity contribution >= 4 is 23.8 Å². The molecular formula is C12H21NO4S. The zero-order valence-electron chi connectivity index (χ0n) is 11.6. The summed E-state index contributed by atoms with van der Waals surface area (Å²) in [4.78, 5) is 25.3. The van der Waals surface area contributed by atoms with Crippen LogP contribution in [0.15, 0.2) is 0 Å². The number of carbonyl (C=O) groups excluding carboxylic acids is 2. The van der Waals surface area contributed by atoms with Crippen LogP contribution in [0.5, 0.6) is 0 Å². The Morgan fingerprint density at radius 2 is 1.94 bits per heavy atom. The molecule has 1 amide bonds. The first-order chi connectivity index (χ1) is 8.24. The minimum atomic E-state index is -0.647. The molecular weight excluding hydrogens is 254 g/mol. The van der Waals surface area contributed by atoms with Gasteiger partial charge in [0.2, 0.25) is 0 Å². The molecule has 1 aliphatic rings. The summed E-state index contributed by atoms with van der Waals surface area (Å²) in [5, 5.41) is 0. The first-order valence-electron chi connectivity index (χ1n) is 5.85. The second-order valence-electron chi connectivity index (χ2n) is 5.34. The highest BCUT2D eigenvalue weighted by molar-refractivity contribution is 8.00. The van der Waals surface area contributed by atoms with E-state index < -0.39 is 10.3 Å². The van der Waals surface area contributed by atoms with Crippen LogP contribution in [0.2, 0.25) is 0 Å². The summed E-state index contributed by atoms with van der Waals surface area (Å²) in [6.45, 7) is 6.33. The van der Waals surface area contributed by atoms with Gasteiger partial charge in [-0.3, -0.25) is 4.79 Å². The van der Waals surface area contributed by atoms with Crippen LogP contribution in [0, 0.1) is 0 Å². The molecule has 0 aromatic rings. The van der Waals surface area contributed by atoms with Gasteiger partial charge in [0.05, 0.1) is 7.11 Å². The van der Waals surface area contributed by atoms with E-state index in [9.17, 15) is 9.59 Å². The molecule has 5 nitrogen and oxygen atoms in total. The standard InChI is InChI=1S/C12H21NO4S/c1-11(2,3)17-10(15)13-7-6-12(8-13,18-5)9(14)16-4/h6-8H2,1-5H3/t12-/m1/s1. The van der Waals surface area contributed by atoms with E-state index in [0.717, 1.165) is 0 Å². The van der Waals surface area contributed by atoms with Crippen molar-refractivity contribution in [3.8, 4) is 0 Å². The van der Waals surface area contributed by atoms with Gasteiger partial charge in [-0.25, -0.2) is 4.79 Å². The van der Waals surface area contributed by atoms with Gasteiger partial charge in [-0.05, 0) is 33.4 Å². The van der Waals surface area contributed by atoms with Crippen LogP contribution >= 0.6 is 11.8 Å². The quantitative estimate of drug-likeness (QED) is 0.720. The number of amides is 1. The molecule has 18 heavy (non-hydrogen) atoms. The Balaban J connectivity index is 2.70. The minimum Gasteiger partial charge on any atom is -0.468 e. The fourth-order valence-corrected chi connectivity index (χ4v) is 2.70. The number of carbonyl (C=O) groups is 2. The maximum atomic E-state index is 11.9. The van der Waals surface area contributed by atoms with Gasteiger partial charge in [0, 0.05) is 13.1 Å². The molecule has 0 unspecified atom stereocenters. The van der Waals surface area contributed by atoms with Crippen LogP contribution in [0.3, 0.4) is 0 Å². The SMILES string of the molecule is COC(=O)[C@@]1(SC)CCN(C(=O)OC(C)(C)C)C1. The van der Waals surface area contributed by atoms with Crippen LogP contribution in [0.25, 0.3) is 0 Å². The van der Waals surface area contributed by atoms with Gasteiger partial charge in [-0.1, -0.05) is 0 Å². The molecule has 1 aliphatic heterocycles. The molecule has 1 atom stereocenters. The number of hydrogen-bond donors (Lipinski definition) is 0. The summed E-state index contributed by atoms with van der Waals surface area (Å²) in [7, 11) is 1.37. The van der Waals surface area contributed by atoms with E-state index in [1.807, 2.05) is 27.0 Å². The highest BCUT2D eigenvalue weighted by Crippen LogP contribution is 2.35. The normalized spacial score (nSPS) is 23.9. The van der Waals surface area contributed by atoms with Crippen molar-refractivity contribution in [3.05, 3.63) is 0 Å². The van der Waals surface area contributed by atoms with E-state index in [1.54, 1.807) is 4.90 Å². The summed E-state index contributed by atoms with van der Waals surface area (Å²) >= 11 is 1.43. The van der Waals surface area contributed by atoms with Crippen molar-refractivity contribution in [2.45, 2.75) is 37.5 Å². The number of methoxy groups -OCH3 is 1. The molecule has 1 rings (SSSR count). The molecule has 6 heteroatoms. The van der Waals surface area contributed by atoms with E-state index >= 15 is 0 Å². The molecule has 1 fully saturated rings. The van der Waals surface area contributed by atoms with Crippen molar-refractivity contribution in [1.29, 1.82) is 0 Å². The molecule has 0 N–H and O–H groups in total. The Bertz CT molecular complexity index is 339. The monoisotopic (exact) mass is 275 g/mol. The molecule has 0 aromatic carbocycles. The summed E-state index contributed by atoms with van der Waals surface area (Å²) in [5.74, 6) is -0.277. The molecule has 0 radical (unpaired) electrons. The predicted octanol–water partition coefficient (Wildman–Crippen LogP) is 1.90. The van der Waals surface area contributed by atoms with Gasteiger partial charge in [-0.15, -0.1) is 11.8 Å². The lowest BCUT2D eigenvalue weighted by atomic mass is 10.1. The number of hydrogen-bond acceptors (Lipinski definition) is 5. The maximum absolute atomic E-state index is 11.9. The molecule has 0 saturated carbocycles. The third kappa shape index (κ3) is 3.31. The highest BCUT2D eigenvalue weighted by atomic mass is 32.2. The number of nitrogens with zero attached hydrogens (tertiary/aromatic N) is 1. The van der Waals surface area contributed by atoms with Crippen LogP contribution < -0.4 is 0 Å². The third-order valence-corrected chi connectivity index (χ3v) is 4.11. The Hall–Kier alpha value is -0.910. The lowest BCUT2D eigenvalue weighted by Gasteiger charge is -2.26. The summed E-state index contributed by atoms with van der Waals surface area (Å²) in [6, 6.07) is 0. The Kier molecular flexibility index (Phi) is 4.53. The molecule has 0 bridgehead atoms. The number of esters is 1. The van der Waals surface area contributed by atoms with Gasteiger partial charge in [0.1, 0.15) is 10.3 Å². The second-order valence-corrected chi connectivity index (χ2v) is 6.53. The van der Waals surface area contributed by atoms with Crippen molar-refractivity contribution in [2.24, 2.45) is 0 Å². The maximum Gasteiger partial charge on any atom is 0.410 e. The van der Waals surface area contributed by atoms with E-state index in [1.165, 1.54) is 18.9 Å². The van der Waals surface area contributed by atoms with Crippen LogP contribution in [-0.2, 0) is 14.3 Å². The fourth-order valence-electron chi connectivity index (χ4n) is 1.87. The minimum absolute atomic E-state index is 0.277. The zero-order chi connectivity index (χ0) is 14.0. The summed E-state index contributed by atoms with van der Waals surface area (Å²) in [6.07, 6.45) is 2.08. The van der Waals surface area contributed by atoms with Crippen LogP contribution in [0.4, 0.5) is 4.79 Å². The second kappa shape index (κ2) is 5.38. The van der Waals surface area contributed by atoms with Crippen LogP contribution in [-0.4, -0.2) is 53.8 Å². The lowest BCUT2D eigenvalue weighted by Crippen LogP contribution is -2.42. The third-order valence-electron chi connectivity index (χ3n) is 2.83. The Morgan fingerprint density at radius 3 is 2.39 bits per heavy atom. The highest BCUT2D eigenvalue weighted by Gasteiger charge is 2.47. The predicted molar refractivity (Wildman–Crippen MR) is 70.7 cm³/mol. The average Bonchev–Trinajstić information content (AvgIpc) is 2.71.